The fourth-order valence-corrected chi connectivity index (χ4v) is 2.60. The number of nitrogen functional groups attached to an aromatic ring is 1. The van der Waals surface area contributed by atoms with Crippen LogP contribution in [-0.4, -0.2) is 22.5 Å². The molecule has 1 aliphatic rings. The van der Waals surface area contributed by atoms with Crippen LogP contribution in [0.2, 0.25) is 0 Å². The normalized spacial score (nSPS) is 13.9. The molecule has 0 saturated heterocycles. The molecule has 0 bridgehead atoms. The zero-order chi connectivity index (χ0) is 14.1. The fourth-order valence-electron chi connectivity index (χ4n) is 2.60. The van der Waals surface area contributed by atoms with Gasteiger partial charge < -0.3 is 15.7 Å². The molecule has 4 nitrogen and oxygen atoms in total. The Balaban J connectivity index is 1.87. The van der Waals surface area contributed by atoms with Crippen LogP contribution in [-0.2, 0) is 13.0 Å². The van der Waals surface area contributed by atoms with E-state index >= 15 is 0 Å². The van der Waals surface area contributed by atoms with Gasteiger partial charge in [0.05, 0.1) is 0 Å². The topological polar surface area (TPSA) is 66.6 Å². The van der Waals surface area contributed by atoms with Crippen LogP contribution in [0.5, 0.6) is 5.75 Å². The molecule has 0 aliphatic carbocycles. The summed E-state index contributed by atoms with van der Waals surface area (Å²) in [5.41, 5.74) is 9.47. The van der Waals surface area contributed by atoms with Crippen LogP contribution >= 0.6 is 0 Å². The number of phenolic OH excluding ortho intramolecular Hbond substituents is 1. The standard InChI is InChI=1S/C16H16N2O2/c17-15-6-2-3-11-7-8-18(10-14(11)15)16(20)12-4-1-5-13(19)9-12/h1-6,9,19H,7-8,10,17H2. The molecule has 2 aromatic rings. The van der Waals surface area contributed by atoms with Gasteiger partial charge in [0.1, 0.15) is 5.75 Å². The summed E-state index contributed by atoms with van der Waals surface area (Å²) in [5.74, 6) is 0.0302. The number of hydrogen-bond acceptors (Lipinski definition) is 3. The third-order valence-electron chi connectivity index (χ3n) is 3.69. The van der Waals surface area contributed by atoms with Crippen molar-refractivity contribution < 1.29 is 9.90 Å². The van der Waals surface area contributed by atoms with E-state index in [0.29, 0.717) is 18.7 Å². The fraction of sp³-hybridized carbons (Fsp3) is 0.188. The molecule has 0 saturated carbocycles. The van der Waals surface area contributed by atoms with Gasteiger partial charge in [0.25, 0.3) is 5.91 Å². The average molecular weight is 268 g/mol. The van der Waals surface area contributed by atoms with Crippen molar-refractivity contribution in [3.63, 3.8) is 0 Å². The van der Waals surface area contributed by atoms with E-state index in [-0.39, 0.29) is 11.7 Å². The largest absolute Gasteiger partial charge is 0.508 e. The van der Waals surface area contributed by atoms with E-state index in [0.717, 1.165) is 17.7 Å². The Morgan fingerprint density at radius 3 is 2.80 bits per heavy atom. The van der Waals surface area contributed by atoms with Gasteiger partial charge in [0.15, 0.2) is 0 Å². The van der Waals surface area contributed by atoms with Crippen molar-refractivity contribution in [2.75, 3.05) is 12.3 Å². The highest BCUT2D eigenvalue weighted by Gasteiger charge is 2.23. The number of nitrogens with two attached hydrogens (primary N) is 1. The third kappa shape index (κ3) is 2.20. The second kappa shape index (κ2) is 4.89. The van der Waals surface area contributed by atoms with Crippen molar-refractivity contribution in [3.8, 4) is 5.75 Å². The number of carbonyl (C=O) groups is 1. The number of amides is 1. The Bertz CT molecular complexity index is 667. The maximum Gasteiger partial charge on any atom is 0.254 e. The molecule has 2 aromatic carbocycles. The molecule has 0 atom stereocenters. The number of anilines is 1. The Morgan fingerprint density at radius 1 is 1.20 bits per heavy atom. The first-order chi connectivity index (χ1) is 9.65. The number of rotatable bonds is 1. The highest BCUT2D eigenvalue weighted by atomic mass is 16.3. The molecular formula is C16H16N2O2. The third-order valence-corrected chi connectivity index (χ3v) is 3.69. The van der Waals surface area contributed by atoms with E-state index in [4.69, 9.17) is 5.73 Å². The van der Waals surface area contributed by atoms with Gasteiger partial charge in [-0.1, -0.05) is 18.2 Å². The maximum absolute atomic E-state index is 12.4. The average Bonchev–Trinajstić information content (AvgIpc) is 2.47. The van der Waals surface area contributed by atoms with Crippen molar-refractivity contribution >= 4 is 11.6 Å². The summed E-state index contributed by atoms with van der Waals surface area (Å²) in [6, 6.07) is 12.3. The van der Waals surface area contributed by atoms with E-state index < -0.39 is 0 Å². The monoisotopic (exact) mass is 268 g/mol. The van der Waals surface area contributed by atoms with Crippen LogP contribution in [0.1, 0.15) is 21.5 Å². The van der Waals surface area contributed by atoms with Gasteiger partial charge in [-0.15, -0.1) is 0 Å². The van der Waals surface area contributed by atoms with Crippen LogP contribution in [0.4, 0.5) is 5.69 Å². The lowest BCUT2D eigenvalue weighted by Gasteiger charge is -2.29. The number of carbonyl (C=O) groups excluding carboxylic acids is 1. The minimum Gasteiger partial charge on any atom is -0.508 e. The van der Waals surface area contributed by atoms with E-state index in [2.05, 4.69) is 6.07 Å². The minimum absolute atomic E-state index is 0.0743. The lowest BCUT2D eigenvalue weighted by molar-refractivity contribution is 0.0735. The second-order valence-corrected chi connectivity index (χ2v) is 5.01. The maximum atomic E-state index is 12.4. The van der Waals surface area contributed by atoms with Gasteiger partial charge >= 0.3 is 0 Å². The molecule has 102 valence electrons. The van der Waals surface area contributed by atoms with Gasteiger partial charge in [-0.2, -0.15) is 0 Å². The Hall–Kier alpha value is -2.49. The summed E-state index contributed by atoms with van der Waals surface area (Å²) < 4.78 is 0. The minimum atomic E-state index is -0.0743. The Kier molecular flexibility index (Phi) is 3.06. The summed E-state index contributed by atoms with van der Waals surface area (Å²) in [6.07, 6.45) is 0.810. The molecule has 1 aliphatic heterocycles. The highest BCUT2D eigenvalue weighted by molar-refractivity contribution is 5.94. The van der Waals surface area contributed by atoms with Crippen molar-refractivity contribution in [3.05, 3.63) is 59.2 Å². The molecule has 3 rings (SSSR count). The molecule has 0 unspecified atom stereocenters. The van der Waals surface area contributed by atoms with Crippen molar-refractivity contribution in [1.82, 2.24) is 4.90 Å². The highest BCUT2D eigenvalue weighted by Crippen LogP contribution is 2.25. The number of phenols is 1. The second-order valence-electron chi connectivity index (χ2n) is 5.01. The first-order valence-electron chi connectivity index (χ1n) is 6.59. The number of fused-ring (bicyclic) bond motifs is 1. The molecule has 0 radical (unpaired) electrons. The zero-order valence-electron chi connectivity index (χ0n) is 11.0. The molecule has 1 amide bonds. The molecule has 0 fully saturated rings. The number of aromatic hydroxyl groups is 1. The summed E-state index contributed by atoms with van der Waals surface area (Å²) in [4.78, 5) is 14.2. The summed E-state index contributed by atoms with van der Waals surface area (Å²) in [7, 11) is 0. The Morgan fingerprint density at radius 2 is 2.00 bits per heavy atom. The number of nitrogens with zero attached hydrogens (tertiary/aromatic N) is 1. The smallest absolute Gasteiger partial charge is 0.254 e. The van der Waals surface area contributed by atoms with E-state index in [9.17, 15) is 9.90 Å². The predicted molar refractivity (Wildman–Crippen MR) is 77.4 cm³/mol. The summed E-state index contributed by atoms with van der Waals surface area (Å²) >= 11 is 0. The molecule has 0 aromatic heterocycles. The van der Waals surface area contributed by atoms with Gasteiger partial charge in [-0.05, 0) is 41.8 Å². The van der Waals surface area contributed by atoms with Gasteiger partial charge in [0, 0.05) is 24.3 Å². The first-order valence-corrected chi connectivity index (χ1v) is 6.59. The quantitative estimate of drug-likeness (QED) is 0.779. The number of hydrogen-bond donors (Lipinski definition) is 2. The van der Waals surface area contributed by atoms with Crippen molar-refractivity contribution in [2.24, 2.45) is 0 Å². The molecule has 20 heavy (non-hydrogen) atoms. The van der Waals surface area contributed by atoms with E-state index in [1.807, 2.05) is 12.1 Å². The van der Waals surface area contributed by atoms with E-state index in [1.54, 1.807) is 23.1 Å². The van der Waals surface area contributed by atoms with Crippen LogP contribution < -0.4 is 5.73 Å². The number of benzene rings is 2. The SMILES string of the molecule is Nc1cccc2c1CN(C(=O)c1cccc(O)c1)CC2. The van der Waals surface area contributed by atoms with Gasteiger partial charge in [-0.3, -0.25) is 4.79 Å². The van der Waals surface area contributed by atoms with Crippen LogP contribution in [0.15, 0.2) is 42.5 Å². The summed E-state index contributed by atoms with van der Waals surface area (Å²) in [5, 5.41) is 9.47. The van der Waals surface area contributed by atoms with Crippen LogP contribution in [0.3, 0.4) is 0 Å². The lowest BCUT2D eigenvalue weighted by Crippen LogP contribution is -2.36. The van der Waals surface area contributed by atoms with Gasteiger partial charge in [0.2, 0.25) is 0 Å². The first kappa shape index (κ1) is 12.5. The Labute approximate surface area is 117 Å². The van der Waals surface area contributed by atoms with Crippen LogP contribution in [0.25, 0.3) is 0 Å². The van der Waals surface area contributed by atoms with Crippen molar-refractivity contribution in [2.45, 2.75) is 13.0 Å². The van der Waals surface area contributed by atoms with Crippen molar-refractivity contribution in [1.29, 1.82) is 0 Å². The van der Waals surface area contributed by atoms with Crippen LogP contribution in [0, 0.1) is 0 Å². The molecule has 4 heteroatoms. The predicted octanol–water partition coefficient (Wildman–Crippen LogP) is 2.17. The van der Waals surface area contributed by atoms with Gasteiger partial charge in [-0.25, -0.2) is 0 Å². The molecule has 0 spiro atoms. The molecular weight excluding hydrogens is 252 g/mol. The molecule has 1 heterocycles. The lowest BCUT2D eigenvalue weighted by atomic mass is 9.97. The summed E-state index contributed by atoms with van der Waals surface area (Å²) in [6.45, 7) is 1.20. The van der Waals surface area contributed by atoms with E-state index in [1.165, 1.54) is 11.6 Å². The molecule has 3 N–H and O–H groups in total. The zero-order valence-corrected chi connectivity index (χ0v) is 11.0.